The van der Waals surface area contributed by atoms with E-state index >= 15 is 0 Å². The van der Waals surface area contributed by atoms with E-state index in [1.54, 1.807) is 13.2 Å². The molecule has 0 saturated heterocycles. The van der Waals surface area contributed by atoms with Gasteiger partial charge in [-0.05, 0) is 42.0 Å². The van der Waals surface area contributed by atoms with E-state index in [4.69, 9.17) is 4.74 Å². The maximum atomic E-state index is 12.1. The molecule has 2 aromatic rings. The molecule has 0 aliphatic heterocycles. The molecule has 0 aliphatic rings. The fourth-order valence-corrected chi connectivity index (χ4v) is 3.11. The molecular weight excluding hydrogens is 336 g/mol. The average molecular weight is 360 g/mol. The van der Waals surface area contributed by atoms with Crippen molar-refractivity contribution in [2.24, 2.45) is 0 Å². The van der Waals surface area contributed by atoms with E-state index in [-0.39, 0.29) is 17.9 Å². The molecular formula is C19H24N2O3S. The molecule has 2 amide bonds. The van der Waals surface area contributed by atoms with Crippen molar-refractivity contribution in [1.82, 2.24) is 10.6 Å². The van der Waals surface area contributed by atoms with Gasteiger partial charge in [-0.2, -0.15) is 0 Å². The summed E-state index contributed by atoms with van der Waals surface area (Å²) in [5, 5.41) is 7.74. The monoisotopic (exact) mass is 360 g/mol. The number of rotatable bonds is 9. The van der Waals surface area contributed by atoms with Gasteiger partial charge in [0.15, 0.2) is 0 Å². The molecule has 1 atom stereocenters. The summed E-state index contributed by atoms with van der Waals surface area (Å²) in [5.74, 6) is 0.708. The van der Waals surface area contributed by atoms with Crippen LogP contribution < -0.4 is 15.4 Å². The van der Waals surface area contributed by atoms with Gasteiger partial charge in [-0.1, -0.05) is 25.1 Å². The minimum atomic E-state index is -0.0833. The largest absolute Gasteiger partial charge is 0.497 e. The summed E-state index contributed by atoms with van der Waals surface area (Å²) in [6.07, 6.45) is 1.81. The van der Waals surface area contributed by atoms with Crippen LogP contribution in [-0.2, 0) is 4.79 Å². The molecule has 5 nitrogen and oxygen atoms in total. The molecule has 6 heteroatoms. The van der Waals surface area contributed by atoms with Crippen molar-refractivity contribution in [2.75, 3.05) is 13.7 Å². The van der Waals surface area contributed by atoms with Crippen molar-refractivity contribution >= 4 is 23.2 Å². The summed E-state index contributed by atoms with van der Waals surface area (Å²) in [6, 6.07) is 11.3. The quantitative estimate of drug-likeness (QED) is 0.672. The van der Waals surface area contributed by atoms with E-state index in [2.05, 4.69) is 10.6 Å². The Balaban J connectivity index is 1.73. The number of carbonyl (C=O) groups is 2. The van der Waals surface area contributed by atoms with Crippen LogP contribution in [0.15, 0.2) is 41.8 Å². The van der Waals surface area contributed by atoms with Gasteiger partial charge >= 0.3 is 0 Å². The summed E-state index contributed by atoms with van der Waals surface area (Å²) in [5.41, 5.74) is 1.06. The first-order chi connectivity index (χ1) is 12.1. The normalized spacial score (nSPS) is 11.6. The predicted octanol–water partition coefficient (Wildman–Crippen LogP) is 3.53. The summed E-state index contributed by atoms with van der Waals surface area (Å²) in [4.78, 5) is 24.6. The fraction of sp³-hybridized carbons (Fsp3) is 0.368. The Labute approximate surface area is 152 Å². The second-order valence-corrected chi connectivity index (χ2v) is 6.59. The highest BCUT2D eigenvalue weighted by Crippen LogP contribution is 2.20. The second-order valence-electron chi connectivity index (χ2n) is 5.64. The first-order valence-corrected chi connectivity index (χ1v) is 9.27. The molecule has 0 saturated carbocycles. The number of hydrogen-bond acceptors (Lipinski definition) is 4. The fourth-order valence-electron chi connectivity index (χ4n) is 2.47. The lowest BCUT2D eigenvalue weighted by molar-refractivity contribution is -0.122. The van der Waals surface area contributed by atoms with Gasteiger partial charge in [-0.25, -0.2) is 0 Å². The van der Waals surface area contributed by atoms with Crippen molar-refractivity contribution in [3.05, 3.63) is 52.2 Å². The number of carbonyl (C=O) groups excluding carboxylic acids is 2. The Morgan fingerprint density at radius 2 is 1.96 bits per heavy atom. The van der Waals surface area contributed by atoms with Crippen LogP contribution >= 0.6 is 11.3 Å². The molecule has 25 heavy (non-hydrogen) atoms. The van der Waals surface area contributed by atoms with E-state index in [9.17, 15) is 9.59 Å². The third kappa shape index (κ3) is 5.90. The first kappa shape index (κ1) is 19.0. The van der Waals surface area contributed by atoms with Gasteiger partial charge in [0.2, 0.25) is 5.91 Å². The lowest BCUT2D eigenvalue weighted by Crippen LogP contribution is -2.29. The zero-order valence-electron chi connectivity index (χ0n) is 14.6. The minimum Gasteiger partial charge on any atom is -0.497 e. The van der Waals surface area contributed by atoms with Crippen LogP contribution in [0, 0.1) is 0 Å². The van der Waals surface area contributed by atoms with Gasteiger partial charge in [0.1, 0.15) is 5.75 Å². The number of thiophene rings is 1. The zero-order valence-corrected chi connectivity index (χ0v) is 15.4. The zero-order chi connectivity index (χ0) is 18.1. The van der Waals surface area contributed by atoms with Crippen LogP contribution in [0.2, 0.25) is 0 Å². The van der Waals surface area contributed by atoms with Crippen LogP contribution in [0.25, 0.3) is 0 Å². The maximum absolute atomic E-state index is 12.1. The van der Waals surface area contributed by atoms with Gasteiger partial charge in [0, 0.05) is 13.0 Å². The average Bonchev–Trinajstić information content (AvgIpc) is 3.18. The van der Waals surface area contributed by atoms with Crippen LogP contribution in [0.1, 0.15) is 47.5 Å². The molecule has 2 N–H and O–H groups in total. The standard InChI is InChI=1S/C19H24N2O3S/c1-3-16(14-8-10-15(24-2)11-9-14)21-18(22)7-4-12-20-19(23)17-6-5-13-25-17/h5-6,8-11,13,16H,3-4,7,12H2,1-2H3,(H,20,23)(H,21,22)/t16-/m0/s1. The number of nitrogens with one attached hydrogen (secondary N) is 2. The summed E-state index contributed by atoms with van der Waals surface area (Å²) in [6.45, 7) is 2.53. The van der Waals surface area contributed by atoms with Crippen molar-refractivity contribution in [1.29, 1.82) is 0 Å². The number of hydrogen-bond donors (Lipinski definition) is 2. The molecule has 0 unspecified atom stereocenters. The SMILES string of the molecule is CC[C@H](NC(=O)CCCNC(=O)c1cccs1)c1ccc(OC)cc1. The highest BCUT2D eigenvalue weighted by atomic mass is 32.1. The van der Waals surface area contributed by atoms with Crippen LogP contribution in [-0.4, -0.2) is 25.5 Å². The van der Waals surface area contributed by atoms with Crippen molar-refractivity contribution in [3.63, 3.8) is 0 Å². The van der Waals surface area contributed by atoms with Gasteiger partial charge in [0.05, 0.1) is 18.0 Å². The van der Waals surface area contributed by atoms with Crippen LogP contribution in [0.5, 0.6) is 5.75 Å². The van der Waals surface area contributed by atoms with E-state index in [1.165, 1.54) is 11.3 Å². The highest BCUT2D eigenvalue weighted by Gasteiger charge is 2.13. The smallest absolute Gasteiger partial charge is 0.261 e. The summed E-state index contributed by atoms with van der Waals surface area (Å²) in [7, 11) is 1.63. The second kappa shape index (κ2) is 9.84. The summed E-state index contributed by atoms with van der Waals surface area (Å²) >= 11 is 1.41. The van der Waals surface area contributed by atoms with Gasteiger partial charge in [-0.3, -0.25) is 9.59 Å². The van der Waals surface area contributed by atoms with E-state index in [0.29, 0.717) is 24.3 Å². The molecule has 0 fully saturated rings. The predicted molar refractivity (Wildman–Crippen MR) is 100 cm³/mol. The lowest BCUT2D eigenvalue weighted by atomic mass is 10.0. The van der Waals surface area contributed by atoms with Crippen molar-refractivity contribution in [2.45, 2.75) is 32.2 Å². The molecule has 0 radical (unpaired) electrons. The Bertz CT molecular complexity index is 668. The third-order valence-electron chi connectivity index (χ3n) is 3.87. The molecule has 0 aliphatic carbocycles. The van der Waals surface area contributed by atoms with Gasteiger partial charge in [0.25, 0.3) is 5.91 Å². The van der Waals surface area contributed by atoms with Gasteiger partial charge in [-0.15, -0.1) is 11.3 Å². The molecule has 2 rings (SSSR count). The number of methoxy groups -OCH3 is 1. The van der Waals surface area contributed by atoms with E-state index in [0.717, 1.165) is 17.7 Å². The molecule has 1 heterocycles. The molecule has 1 aromatic heterocycles. The topological polar surface area (TPSA) is 67.4 Å². The lowest BCUT2D eigenvalue weighted by Gasteiger charge is -2.18. The van der Waals surface area contributed by atoms with Crippen molar-refractivity contribution < 1.29 is 14.3 Å². The van der Waals surface area contributed by atoms with Crippen LogP contribution in [0.3, 0.4) is 0 Å². The highest BCUT2D eigenvalue weighted by molar-refractivity contribution is 7.12. The minimum absolute atomic E-state index is 0.00644. The molecule has 134 valence electrons. The van der Waals surface area contributed by atoms with Gasteiger partial charge < -0.3 is 15.4 Å². The Morgan fingerprint density at radius 3 is 2.56 bits per heavy atom. The third-order valence-corrected chi connectivity index (χ3v) is 4.74. The molecule has 0 bridgehead atoms. The molecule has 1 aromatic carbocycles. The molecule has 0 spiro atoms. The van der Waals surface area contributed by atoms with Crippen molar-refractivity contribution in [3.8, 4) is 5.75 Å². The Hall–Kier alpha value is -2.34. The van der Waals surface area contributed by atoms with E-state index in [1.807, 2.05) is 42.6 Å². The Kier molecular flexibility index (Phi) is 7.47. The Morgan fingerprint density at radius 1 is 1.20 bits per heavy atom. The van der Waals surface area contributed by atoms with E-state index < -0.39 is 0 Å². The summed E-state index contributed by atoms with van der Waals surface area (Å²) < 4.78 is 5.15. The number of ether oxygens (including phenoxy) is 1. The first-order valence-electron chi connectivity index (χ1n) is 8.39. The number of amides is 2. The number of benzene rings is 1. The van der Waals surface area contributed by atoms with Crippen LogP contribution in [0.4, 0.5) is 0 Å². The maximum Gasteiger partial charge on any atom is 0.261 e.